The Morgan fingerprint density at radius 1 is 1.57 bits per heavy atom. The first-order valence-electron chi connectivity index (χ1n) is 5.11. The highest BCUT2D eigenvalue weighted by atomic mass is 16.2. The first-order valence-corrected chi connectivity index (χ1v) is 5.11. The van der Waals surface area contributed by atoms with Crippen LogP contribution in [0.3, 0.4) is 0 Å². The van der Waals surface area contributed by atoms with Crippen molar-refractivity contribution >= 4 is 5.91 Å². The van der Waals surface area contributed by atoms with E-state index in [1.54, 1.807) is 0 Å². The van der Waals surface area contributed by atoms with Gasteiger partial charge >= 0.3 is 0 Å². The molecule has 1 N–H and O–H groups in total. The number of hydrogen-bond donors (Lipinski definition) is 1. The molecule has 1 amide bonds. The molecule has 0 radical (unpaired) electrons. The van der Waals surface area contributed by atoms with Crippen molar-refractivity contribution in [3.63, 3.8) is 0 Å². The van der Waals surface area contributed by atoms with Gasteiger partial charge in [-0.3, -0.25) is 4.79 Å². The van der Waals surface area contributed by atoms with Crippen LogP contribution in [0.2, 0.25) is 0 Å². The molecule has 14 heavy (non-hydrogen) atoms. The average Bonchev–Trinajstić information content (AvgIpc) is 2.16. The summed E-state index contributed by atoms with van der Waals surface area (Å²) in [5.74, 6) is 0.187. The van der Waals surface area contributed by atoms with Gasteiger partial charge in [0.05, 0.1) is 5.54 Å². The van der Waals surface area contributed by atoms with Crippen molar-refractivity contribution in [1.29, 1.82) is 0 Å². The van der Waals surface area contributed by atoms with Gasteiger partial charge in [-0.25, -0.2) is 0 Å². The number of carbonyl (C=O) groups excluding carboxylic acids is 1. The Bertz CT molecular complexity index is 256. The van der Waals surface area contributed by atoms with Crippen molar-refractivity contribution in [2.45, 2.75) is 32.7 Å². The highest BCUT2D eigenvalue weighted by Crippen LogP contribution is 2.14. The Hall–Kier alpha value is -0.830. The van der Waals surface area contributed by atoms with E-state index in [0.717, 1.165) is 19.5 Å². The molecule has 0 saturated carbocycles. The fourth-order valence-electron chi connectivity index (χ4n) is 1.59. The highest BCUT2D eigenvalue weighted by Gasteiger charge is 2.30. The molecule has 0 aromatic heterocycles. The number of nitrogens with zero attached hydrogens (tertiary/aromatic N) is 1. The van der Waals surface area contributed by atoms with Gasteiger partial charge in [0.15, 0.2) is 0 Å². The summed E-state index contributed by atoms with van der Waals surface area (Å²) >= 11 is 0. The molecule has 1 rings (SSSR count). The summed E-state index contributed by atoms with van der Waals surface area (Å²) in [6.07, 6.45) is 3.19. The second-order valence-electron chi connectivity index (χ2n) is 4.44. The highest BCUT2D eigenvalue weighted by molar-refractivity contribution is 5.85. The third-order valence-electron chi connectivity index (χ3n) is 2.78. The van der Waals surface area contributed by atoms with Gasteiger partial charge in [0.1, 0.15) is 0 Å². The quantitative estimate of drug-likeness (QED) is 0.672. The minimum atomic E-state index is -0.447. The SMILES string of the molecule is CNC(C)(C)C(=O)N1CCC=C(C)C1. The number of rotatable bonds is 2. The zero-order valence-electron chi connectivity index (χ0n) is 9.55. The van der Waals surface area contributed by atoms with Gasteiger partial charge in [-0.2, -0.15) is 0 Å². The zero-order chi connectivity index (χ0) is 10.8. The summed E-state index contributed by atoms with van der Waals surface area (Å²) in [6, 6.07) is 0. The van der Waals surface area contributed by atoms with Gasteiger partial charge < -0.3 is 10.2 Å². The van der Waals surface area contributed by atoms with Gasteiger partial charge in [0.25, 0.3) is 0 Å². The molecule has 80 valence electrons. The largest absolute Gasteiger partial charge is 0.337 e. The number of hydrogen-bond acceptors (Lipinski definition) is 2. The van der Waals surface area contributed by atoms with E-state index in [1.165, 1.54) is 5.57 Å². The van der Waals surface area contributed by atoms with E-state index in [2.05, 4.69) is 18.3 Å². The van der Waals surface area contributed by atoms with E-state index in [1.807, 2.05) is 25.8 Å². The molecule has 0 spiro atoms. The number of amides is 1. The molecule has 0 saturated heterocycles. The molecule has 1 heterocycles. The van der Waals surface area contributed by atoms with Crippen LogP contribution in [0.15, 0.2) is 11.6 Å². The van der Waals surface area contributed by atoms with Crippen LogP contribution in [0.5, 0.6) is 0 Å². The van der Waals surface area contributed by atoms with E-state index < -0.39 is 5.54 Å². The van der Waals surface area contributed by atoms with Crippen molar-refractivity contribution in [3.05, 3.63) is 11.6 Å². The summed E-state index contributed by atoms with van der Waals surface area (Å²) in [7, 11) is 1.82. The maximum absolute atomic E-state index is 12.0. The fraction of sp³-hybridized carbons (Fsp3) is 0.727. The summed E-state index contributed by atoms with van der Waals surface area (Å²) in [5.41, 5.74) is 0.842. The van der Waals surface area contributed by atoms with Crippen LogP contribution in [-0.4, -0.2) is 36.5 Å². The van der Waals surface area contributed by atoms with Crippen molar-refractivity contribution in [2.24, 2.45) is 0 Å². The smallest absolute Gasteiger partial charge is 0.242 e. The topological polar surface area (TPSA) is 32.3 Å². The molecule has 0 aromatic carbocycles. The zero-order valence-corrected chi connectivity index (χ0v) is 9.55. The Labute approximate surface area is 86.2 Å². The van der Waals surface area contributed by atoms with E-state index in [4.69, 9.17) is 0 Å². The first kappa shape index (κ1) is 11.2. The Kier molecular flexibility index (Phi) is 3.32. The normalized spacial score (nSPS) is 18.0. The number of nitrogens with one attached hydrogen (secondary N) is 1. The Morgan fingerprint density at radius 2 is 2.21 bits per heavy atom. The lowest BCUT2D eigenvalue weighted by molar-refractivity contribution is -0.136. The standard InChI is InChI=1S/C11H20N2O/c1-9-6-5-7-13(8-9)10(14)11(2,3)12-4/h6,12H,5,7-8H2,1-4H3. The van der Waals surface area contributed by atoms with Crippen molar-refractivity contribution in [3.8, 4) is 0 Å². The summed E-state index contributed by atoms with van der Waals surface area (Å²) in [5, 5.41) is 3.04. The molecule has 0 unspecified atom stereocenters. The molecule has 0 atom stereocenters. The molecule has 3 nitrogen and oxygen atoms in total. The summed E-state index contributed by atoms with van der Waals surface area (Å²) in [6.45, 7) is 7.54. The molecule has 0 aromatic rings. The van der Waals surface area contributed by atoms with Gasteiger partial charge in [0.2, 0.25) is 5.91 Å². The molecule has 1 aliphatic rings. The van der Waals surface area contributed by atoms with Crippen LogP contribution >= 0.6 is 0 Å². The second-order valence-corrected chi connectivity index (χ2v) is 4.44. The fourth-order valence-corrected chi connectivity index (χ4v) is 1.59. The van der Waals surface area contributed by atoms with Crippen LogP contribution in [0.1, 0.15) is 27.2 Å². The van der Waals surface area contributed by atoms with Gasteiger partial charge in [-0.1, -0.05) is 11.6 Å². The lowest BCUT2D eigenvalue weighted by Gasteiger charge is -2.33. The van der Waals surface area contributed by atoms with Crippen LogP contribution < -0.4 is 5.32 Å². The van der Waals surface area contributed by atoms with Crippen LogP contribution in [0, 0.1) is 0 Å². The predicted octanol–water partition coefficient (Wildman–Crippen LogP) is 1.16. The third-order valence-corrected chi connectivity index (χ3v) is 2.78. The van der Waals surface area contributed by atoms with Gasteiger partial charge in [0, 0.05) is 13.1 Å². The predicted molar refractivity (Wildman–Crippen MR) is 58.1 cm³/mol. The van der Waals surface area contributed by atoms with E-state index in [0.29, 0.717) is 0 Å². The number of likely N-dealkylation sites (N-methyl/N-ethyl adjacent to an activating group) is 1. The monoisotopic (exact) mass is 196 g/mol. The van der Waals surface area contributed by atoms with Crippen molar-refractivity contribution in [1.82, 2.24) is 10.2 Å². The maximum atomic E-state index is 12.0. The molecular formula is C11H20N2O. The first-order chi connectivity index (χ1) is 6.47. The molecule has 1 aliphatic heterocycles. The molecular weight excluding hydrogens is 176 g/mol. The third kappa shape index (κ3) is 2.35. The summed E-state index contributed by atoms with van der Waals surface area (Å²) < 4.78 is 0. The Morgan fingerprint density at radius 3 is 2.71 bits per heavy atom. The minimum absolute atomic E-state index is 0.187. The van der Waals surface area contributed by atoms with Crippen molar-refractivity contribution < 1.29 is 4.79 Å². The average molecular weight is 196 g/mol. The van der Waals surface area contributed by atoms with Crippen LogP contribution in [0.25, 0.3) is 0 Å². The molecule has 3 heteroatoms. The second kappa shape index (κ2) is 4.13. The van der Waals surface area contributed by atoms with Crippen molar-refractivity contribution in [2.75, 3.05) is 20.1 Å². The van der Waals surface area contributed by atoms with Crippen LogP contribution in [-0.2, 0) is 4.79 Å². The molecule has 0 fully saturated rings. The lowest BCUT2D eigenvalue weighted by Crippen LogP contribution is -2.53. The van der Waals surface area contributed by atoms with Gasteiger partial charge in [-0.05, 0) is 34.2 Å². The van der Waals surface area contributed by atoms with Gasteiger partial charge in [-0.15, -0.1) is 0 Å². The number of carbonyl (C=O) groups is 1. The summed E-state index contributed by atoms with van der Waals surface area (Å²) in [4.78, 5) is 14.0. The maximum Gasteiger partial charge on any atom is 0.242 e. The van der Waals surface area contributed by atoms with E-state index in [9.17, 15) is 4.79 Å². The lowest BCUT2D eigenvalue weighted by atomic mass is 10.0. The Balaban J connectivity index is 2.67. The minimum Gasteiger partial charge on any atom is -0.337 e. The van der Waals surface area contributed by atoms with E-state index in [-0.39, 0.29) is 5.91 Å². The molecule has 0 bridgehead atoms. The molecule has 0 aliphatic carbocycles. The van der Waals surface area contributed by atoms with E-state index >= 15 is 0 Å². The van der Waals surface area contributed by atoms with Crippen LogP contribution in [0.4, 0.5) is 0 Å².